The van der Waals surface area contributed by atoms with Crippen molar-refractivity contribution in [2.75, 3.05) is 6.54 Å². The molecule has 0 aliphatic carbocycles. The Kier molecular flexibility index (Phi) is 13.5. The van der Waals surface area contributed by atoms with Gasteiger partial charge < -0.3 is 15.9 Å². The molecule has 0 amide bonds. The van der Waals surface area contributed by atoms with Gasteiger partial charge in [-0.15, -0.1) is 6.58 Å². The van der Waals surface area contributed by atoms with E-state index in [0.717, 1.165) is 13.0 Å². The molecule has 0 bridgehead atoms. The summed E-state index contributed by atoms with van der Waals surface area (Å²) in [6.45, 7) is 6.24. The lowest BCUT2D eigenvalue weighted by Gasteiger charge is -2.01. The summed E-state index contributed by atoms with van der Waals surface area (Å²) >= 11 is 0. The molecular weight excluding hydrogens is 182 g/mol. The maximum Gasteiger partial charge on any atom is 0.303 e. The highest BCUT2D eigenvalue weighted by atomic mass is 16.4. The number of aliphatic hydroxyl groups is 1. The highest BCUT2D eigenvalue weighted by Crippen LogP contribution is 2.00. The lowest BCUT2D eigenvalue weighted by Crippen LogP contribution is -2.03. The van der Waals surface area contributed by atoms with Crippen molar-refractivity contribution >= 4 is 5.97 Å². The van der Waals surface area contributed by atoms with E-state index in [4.69, 9.17) is 15.9 Å². The Bertz CT molecular complexity index is 146. The van der Waals surface area contributed by atoms with E-state index in [2.05, 4.69) is 13.5 Å². The fraction of sp³-hybridized carbons (Fsp3) is 0.700. The molecule has 0 radical (unpaired) electrons. The van der Waals surface area contributed by atoms with E-state index in [1.165, 1.54) is 6.08 Å². The summed E-state index contributed by atoms with van der Waals surface area (Å²) in [4.78, 5) is 9.96. The summed E-state index contributed by atoms with van der Waals surface area (Å²) in [5, 5.41) is 17.1. The van der Waals surface area contributed by atoms with E-state index in [0.29, 0.717) is 12.8 Å². The molecule has 1 unspecified atom stereocenters. The van der Waals surface area contributed by atoms with Gasteiger partial charge in [0.15, 0.2) is 0 Å². The molecule has 0 aliphatic rings. The molecule has 1 atom stereocenters. The van der Waals surface area contributed by atoms with Gasteiger partial charge in [-0.25, -0.2) is 0 Å². The SMILES string of the molecule is C=CC(O)CCCC(=O)O.CCCN. The summed E-state index contributed by atoms with van der Waals surface area (Å²) in [7, 11) is 0. The minimum Gasteiger partial charge on any atom is -0.481 e. The Labute approximate surface area is 85.4 Å². The number of hydrogen-bond acceptors (Lipinski definition) is 3. The fourth-order valence-electron chi connectivity index (χ4n) is 0.580. The van der Waals surface area contributed by atoms with Crippen LogP contribution in [0.4, 0.5) is 0 Å². The molecule has 0 saturated carbocycles. The van der Waals surface area contributed by atoms with Crippen LogP contribution in [0.25, 0.3) is 0 Å². The second-order valence-corrected chi connectivity index (χ2v) is 2.88. The van der Waals surface area contributed by atoms with Crippen LogP contribution in [0.1, 0.15) is 32.6 Å². The van der Waals surface area contributed by atoms with Crippen molar-refractivity contribution in [1.82, 2.24) is 0 Å². The van der Waals surface area contributed by atoms with E-state index in [1.807, 2.05) is 0 Å². The van der Waals surface area contributed by atoms with Gasteiger partial charge >= 0.3 is 5.97 Å². The first-order valence-corrected chi connectivity index (χ1v) is 4.80. The molecular formula is C10H21NO3. The average molecular weight is 203 g/mol. The van der Waals surface area contributed by atoms with Crippen LogP contribution in [0, 0.1) is 0 Å². The third kappa shape index (κ3) is 17.3. The molecule has 4 N–H and O–H groups in total. The quantitative estimate of drug-likeness (QED) is 0.565. The van der Waals surface area contributed by atoms with Gasteiger partial charge in [-0.1, -0.05) is 13.0 Å². The fourth-order valence-corrected chi connectivity index (χ4v) is 0.580. The van der Waals surface area contributed by atoms with Crippen molar-refractivity contribution in [3.63, 3.8) is 0 Å². The molecule has 0 aromatic heterocycles. The Balaban J connectivity index is 0. The van der Waals surface area contributed by atoms with Crippen LogP contribution in [-0.2, 0) is 4.79 Å². The molecule has 0 aromatic rings. The van der Waals surface area contributed by atoms with E-state index >= 15 is 0 Å². The van der Waals surface area contributed by atoms with Gasteiger partial charge in [-0.05, 0) is 25.8 Å². The molecule has 0 saturated heterocycles. The topological polar surface area (TPSA) is 83.5 Å². The summed E-state index contributed by atoms with van der Waals surface area (Å²) < 4.78 is 0. The molecule has 4 heteroatoms. The molecule has 0 rings (SSSR count). The largest absolute Gasteiger partial charge is 0.481 e. The lowest BCUT2D eigenvalue weighted by molar-refractivity contribution is -0.137. The van der Waals surface area contributed by atoms with Crippen LogP contribution in [0.5, 0.6) is 0 Å². The Hall–Kier alpha value is -0.870. The van der Waals surface area contributed by atoms with E-state index in [-0.39, 0.29) is 6.42 Å². The van der Waals surface area contributed by atoms with Crippen molar-refractivity contribution in [1.29, 1.82) is 0 Å². The lowest BCUT2D eigenvalue weighted by atomic mass is 10.1. The van der Waals surface area contributed by atoms with Gasteiger partial charge in [0.1, 0.15) is 0 Å². The summed E-state index contributed by atoms with van der Waals surface area (Å²) in [5.41, 5.74) is 5.03. The second-order valence-electron chi connectivity index (χ2n) is 2.88. The van der Waals surface area contributed by atoms with Crippen LogP contribution >= 0.6 is 0 Å². The van der Waals surface area contributed by atoms with Crippen LogP contribution in [0.2, 0.25) is 0 Å². The maximum absolute atomic E-state index is 9.96. The Morgan fingerprint density at radius 2 is 2.14 bits per heavy atom. The zero-order chi connectivity index (χ0) is 11.4. The third-order valence-electron chi connectivity index (χ3n) is 1.45. The van der Waals surface area contributed by atoms with Gasteiger partial charge in [0.2, 0.25) is 0 Å². The second kappa shape index (κ2) is 12.1. The van der Waals surface area contributed by atoms with Crippen molar-refractivity contribution in [3.8, 4) is 0 Å². The zero-order valence-corrected chi connectivity index (χ0v) is 8.78. The number of aliphatic hydroxyl groups excluding tert-OH is 1. The Morgan fingerprint density at radius 3 is 2.43 bits per heavy atom. The molecule has 4 nitrogen and oxygen atoms in total. The Morgan fingerprint density at radius 1 is 1.64 bits per heavy atom. The molecule has 14 heavy (non-hydrogen) atoms. The van der Waals surface area contributed by atoms with Gasteiger partial charge in [0, 0.05) is 6.42 Å². The van der Waals surface area contributed by atoms with Crippen LogP contribution in [0.15, 0.2) is 12.7 Å². The number of carboxylic acids is 1. The van der Waals surface area contributed by atoms with E-state index < -0.39 is 12.1 Å². The highest BCUT2D eigenvalue weighted by molar-refractivity contribution is 5.66. The molecule has 0 fully saturated rings. The van der Waals surface area contributed by atoms with Crippen LogP contribution < -0.4 is 5.73 Å². The van der Waals surface area contributed by atoms with Crippen molar-refractivity contribution < 1.29 is 15.0 Å². The van der Waals surface area contributed by atoms with Gasteiger partial charge in [0.05, 0.1) is 6.10 Å². The summed E-state index contributed by atoms with van der Waals surface area (Å²) in [6.07, 6.45) is 3.05. The number of carbonyl (C=O) groups is 1. The normalized spacial score (nSPS) is 11.1. The standard InChI is InChI=1S/C7H12O3.C3H9N/c1-2-6(8)4-3-5-7(9)10;1-2-3-4/h2,6,8H,1,3-5H2,(H,9,10);2-4H2,1H3. The van der Waals surface area contributed by atoms with Crippen molar-refractivity contribution in [2.45, 2.75) is 38.7 Å². The molecule has 0 aromatic carbocycles. The first-order valence-electron chi connectivity index (χ1n) is 4.80. The van der Waals surface area contributed by atoms with Crippen LogP contribution in [0.3, 0.4) is 0 Å². The number of nitrogens with two attached hydrogens (primary N) is 1. The van der Waals surface area contributed by atoms with Gasteiger partial charge in [-0.2, -0.15) is 0 Å². The highest BCUT2D eigenvalue weighted by Gasteiger charge is 2.00. The predicted octanol–water partition coefficient (Wildman–Crippen LogP) is 1.14. The maximum atomic E-state index is 9.96. The average Bonchev–Trinajstić information content (AvgIpc) is 2.17. The van der Waals surface area contributed by atoms with Crippen molar-refractivity contribution in [2.24, 2.45) is 5.73 Å². The molecule has 84 valence electrons. The minimum absolute atomic E-state index is 0.116. The van der Waals surface area contributed by atoms with Crippen LogP contribution in [-0.4, -0.2) is 28.8 Å². The molecule has 0 aliphatic heterocycles. The minimum atomic E-state index is -0.823. The van der Waals surface area contributed by atoms with E-state index in [1.54, 1.807) is 0 Å². The van der Waals surface area contributed by atoms with E-state index in [9.17, 15) is 4.79 Å². The summed E-state index contributed by atoms with van der Waals surface area (Å²) in [5.74, 6) is -0.823. The molecule has 0 spiro atoms. The van der Waals surface area contributed by atoms with Crippen molar-refractivity contribution in [3.05, 3.63) is 12.7 Å². The first kappa shape index (κ1) is 15.6. The monoisotopic (exact) mass is 203 g/mol. The zero-order valence-electron chi connectivity index (χ0n) is 8.78. The van der Waals surface area contributed by atoms with Gasteiger partial charge in [-0.3, -0.25) is 4.79 Å². The summed E-state index contributed by atoms with van der Waals surface area (Å²) in [6, 6.07) is 0. The number of rotatable bonds is 6. The smallest absolute Gasteiger partial charge is 0.303 e. The number of hydrogen-bond donors (Lipinski definition) is 3. The number of aliphatic carboxylic acids is 1. The first-order chi connectivity index (χ1) is 6.58. The number of carboxylic acid groups (broad SMARTS) is 1. The van der Waals surface area contributed by atoms with Gasteiger partial charge in [0.25, 0.3) is 0 Å². The molecule has 0 heterocycles. The third-order valence-corrected chi connectivity index (χ3v) is 1.45. The predicted molar refractivity (Wildman–Crippen MR) is 57.0 cm³/mol.